The van der Waals surface area contributed by atoms with E-state index < -0.39 is 0 Å². The number of hydrogen-bond donors (Lipinski definition) is 0. The van der Waals surface area contributed by atoms with Crippen molar-refractivity contribution < 1.29 is 4.79 Å². The summed E-state index contributed by atoms with van der Waals surface area (Å²) in [5, 5.41) is 1.33. The lowest BCUT2D eigenvalue weighted by Crippen LogP contribution is -2.53. The van der Waals surface area contributed by atoms with E-state index in [-0.39, 0.29) is 11.3 Å². The number of para-hydroxylation sites is 1. The summed E-state index contributed by atoms with van der Waals surface area (Å²) in [6.45, 7) is 11.8. The third-order valence-electron chi connectivity index (χ3n) is 11.9. The fourth-order valence-electron chi connectivity index (χ4n) is 9.48. The first-order valence-corrected chi connectivity index (χ1v) is 17.7. The van der Waals surface area contributed by atoms with Crippen LogP contribution in [0.1, 0.15) is 69.2 Å². The van der Waals surface area contributed by atoms with Crippen molar-refractivity contribution >= 4 is 40.1 Å². The number of carbonyl (C=O) groups is 1. The Kier molecular flexibility index (Phi) is 6.62. The molecule has 0 bridgehead atoms. The van der Waals surface area contributed by atoms with E-state index in [2.05, 4.69) is 72.4 Å². The fraction of sp³-hybridized carbons (Fsp3) is 0.583. The SMILES string of the molecule is CC[C@@]12C=C(C(=O)N3CCN(c4cc(N5CCCC5)nc(N5CCCC5)n4)CC3)n3c4c(c5ccccc53)CCN(CCC1)[C@H]42. The van der Waals surface area contributed by atoms with Crippen molar-refractivity contribution in [1.29, 1.82) is 0 Å². The topological polar surface area (TPSA) is 64.0 Å². The Labute approximate surface area is 266 Å². The normalized spacial score (nSPS) is 26.5. The van der Waals surface area contributed by atoms with Crippen LogP contribution in [0.4, 0.5) is 17.6 Å². The highest BCUT2D eigenvalue weighted by atomic mass is 16.2. The van der Waals surface area contributed by atoms with Gasteiger partial charge in [0.1, 0.15) is 17.3 Å². The average molecular weight is 607 g/mol. The first kappa shape index (κ1) is 27.7. The lowest BCUT2D eigenvalue weighted by atomic mass is 9.66. The minimum Gasteiger partial charge on any atom is -0.356 e. The van der Waals surface area contributed by atoms with Gasteiger partial charge in [0.2, 0.25) is 5.95 Å². The van der Waals surface area contributed by atoms with Gasteiger partial charge >= 0.3 is 0 Å². The van der Waals surface area contributed by atoms with Gasteiger partial charge in [-0.05, 0) is 75.6 Å². The second-order valence-corrected chi connectivity index (χ2v) is 14.2. The third kappa shape index (κ3) is 4.32. The fourth-order valence-corrected chi connectivity index (χ4v) is 9.48. The molecule has 2 aromatic heterocycles. The van der Waals surface area contributed by atoms with Crippen LogP contribution < -0.4 is 14.7 Å². The quantitative estimate of drug-likeness (QED) is 0.409. The predicted molar refractivity (Wildman–Crippen MR) is 180 cm³/mol. The number of nitrogens with zero attached hydrogens (tertiary/aromatic N) is 8. The van der Waals surface area contributed by atoms with Gasteiger partial charge in [0.15, 0.2) is 0 Å². The number of fused-ring (bicyclic) bond motifs is 3. The van der Waals surface area contributed by atoms with E-state index in [1.165, 1.54) is 54.3 Å². The molecule has 45 heavy (non-hydrogen) atoms. The second-order valence-electron chi connectivity index (χ2n) is 14.2. The number of piperidine rings is 1. The van der Waals surface area contributed by atoms with Crippen LogP contribution in [0.2, 0.25) is 0 Å². The molecule has 2 atom stereocenters. The Morgan fingerprint density at radius 2 is 1.51 bits per heavy atom. The van der Waals surface area contributed by atoms with Gasteiger partial charge < -0.3 is 24.2 Å². The van der Waals surface area contributed by atoms with Gasteiger partial charge in [0.05, 0.1) is 11.6 Å². The lowest BCUT2D eigenvalue weighted by molar-refractivity contribution is -0.125. The highest BCUT2D eigenvalue weighted by Gasteiger charge is 2.51. The Hall–Kier alpha value is -3.59. The number of hydrogen-bond acceptors (Lipinski definition) is 7. The van der Waals surface area contributed by atoms with Gasteiger partial charge in [-0.3, -0.25) is 9.69 Å². The Bertz CT molecular complexity index is 1620. The molecule has 0 unspecified atom stereocenters. The maximum atomic E-state index is 14.7. The van der Waals surface area contributed by atoms with Crippen LogP contribution in [-0.2, 0) is 11.2 Å². The highest BCUT2D eigenvalue weighted by molar-refractivity contribution is 6.16. The summed E-state index contributed by atoms with van der Waals surface area (Å²) in [7, 11) is 0. The van der Waals surface area contributed by atoms with E-state index in [1.807, 2.05) is 0 Å². The molecule has 6 aliphatic heterocycles. The molecular formula is C36H46N8O. The summed E-state index contributed by atoms with van der Waals surface area (Å²) in [6, 6.07) is 11.4. The summed E-state index contributed by atoms with van der Waals surface area (Å²) in [5.74, 6) is 3.14. The van der Waals surface area contributed by atoms with Crippen molar-refractivity contribution in [2.45, 2.75) is 64.3 Å². The molecule has 0 spiro atoms. The molecule has 8 heterocycles. The van der Waals surface area contributed by atoms with Crippen molar-refractivity contribution in [1.82, 2.24) is 24.3 Å². The molecule has 0 radical (unpaired) electrons. The van der Waals surface area contributed by atoms with Crippen LogP contribution >= 0.6 is 0 Å². The zero-order chi connectivity index (χ0) is 30.1. The van der Waals surface area contributed by atoms with Crippen molar-refractivity contribution in [2.24, 2.45) is 5.41 Å². The van der Waals surface area contributed by atoms with Crippen LogP contribution in [-0.4, -0.2) is 95.7 Å². The number of aromatic nitrogens is 3. The van der Waals surface area contributed by atoms with E-state index in [0.29, 0.717) is 19.1 Å². The smallest absolute Gasteiger partial charge is 0.270 e. The maximum absolute atomic E-state index is 14.7. The van der Waals surface area contributed by atoms with Crippen molar-refractivity contribution in [3.63, 3.8) is 0 Å². The molecule has 9 nitrogen and oxygen atoms in total. The number of amides is 1. The molecule has 0 saturated carbocycles. The molecule has 4 saturated heterocycles. The van der Waals surface area contributed by atoms with Crippen molar-refractivity contribution in [2.75, 3.05) is 80.1 Å². The standard InChI is InChI=1S/C36H46N8O/c1-2-36-13-9-18-41-19-12-27-26-10-3-4-11-28(26)44(32(27)33(36)41)29(25-36)34(45)42-22-20-40(21-23-42)31-24-30(39-14-5-6-15-39)37-35(38-31)43-16-7-8-17-43/h3-4,10-11,24-25,33H,2,5-9,12-23H2,1H3/t33-,36+/m1/s1. The minimum absolute atomic E-state index is 0.0174. The van der Waals surface area contributed by atoms with E-state index in [4.69, 9.17) is 9.97 Å². The summed E-state index contributed by atoms with van der Waals surface area (Å²) in [4.78, 5) is 36.8. The largest absolute Gasteiger partial charge is 0.356 e. The number of piperazine rings is 1. The van der Waals surface area contributed by atoms with E-state index in [9.17, 15) is 4.79 Å². The number of rotatable bonds is 5. The van der Waals surface area contributed by atoms with E-state index in [0.717, 1.165) is 94.9 Å². The monoisotopic (exact) mass is 606 g/mol. The molecule has 0 aliphatic carbocycles. The van der Waals surface area contributed by atoms with Crippen LogP contribution in [0.25, 0.3) is 16.6 Å². The molecule has 1 amide bonds. The Morgan fingerprint density at radius 3 is 2.24 bits per heavy atom. The van der Waals surface area contributed by atoms with Crippen LogP contribution in [0.5, 0.6) is 0 Å². The van der Waals surface area contributed by atoms with Crippen molar-refractivity contribution in [3.8, 4) is 0 Å². The first-order chi connectivity index (χ1) is 22.1. The predicted octanol–water partition coefficient (Wildman–Crippen LogP) is 4.92. The molecule has 9 heteroatoms. The van der Waals surface area contributed by atoms with Gasteiger partial charge in [-0.2, -0.15) is 9.97 Å². The minimum atomic E-state index is 0.0174. The van der Waals surface area contributed by atoms with Gasteiger partial charge in [0.25, 0.3) is 5.91 Å². The van der Waals surface area contributed by atoms with Crippen LogP contribution in [0, 0.1) is 5.41 Å². The summed E-state index contributed by atoms with van der Waals surface area (Å²) >= 11 is 0. The lowest BCUT2D eigenvalue weighted by Gasteiger charge is -2.53. The third-order valence-corrected chi connectivity index (χ3v) is 11.9. The summed E-state index contributed by atoms with van der Waals surface area (Å²) in [5.41, 5.74) is 4.98. The molecule has 6 aliphatic rings. The van der Waals surface area contributed by atoms with Gasteiger partial charge in [0, 0.05) is 81.5 Å². The van der Waals surface area contributed by atoms with Gasteiger partial charge in [-0.1, -0.05) is 25.1 Å². The zero-order valence-electron chi connectivity index (χ0n) is 26.8. The Morgan fingerprint density at radius 1 is 0.822 bits per heavy atom. The van der Waals surface area contributed by atoms with E-state index in [1.54, 1.807) is 0 Å². The molecule has 9 rings (SSSR count). The van der Waals surface area contributed by atoms with Crippen LogP contribution in [0.15, 0.2) is 36.4 Å². The maximum Gasteiger partial charge on any atom is 0.270 e. The number of benzene rings is 1. The number of carbonyl (C=O) groups excluding carboxylic acids is 1. The first-order valence-electron chi connectivity index (χ1n) is 17.7. The molecule has 3 aromatic rings. The van der Waals surface area contributed by atoms with Crippen molar-refractivity contribution in [3.05, 3.63) is 47.7 Å². The zero-order valence-corrected chi connectivity index (χ0v) is 26.8. The molecule has 1 aromatic carbocycles. The molecule has 236 valence electrons. The van der Waals surface area contributed by atoms with Gasteiger partial charge in [-0.15, -0.1) is 0 Å². The Balaban J connectivity index is 1.03. The number of anilines is 3. The van der Waals surface area contributed by atoms with Gasteiger partial charge in [-0.25, -0.2) is 0 Å². The average Bonchev–Trinajstić information content (AvgIpc) is 3.89. The molecule has 0 N–H and O–H groups in total. The molecule has 4 fully saturated rings. The highest BCUT2D eigenvalue weighted by Crippen LogP contribution is 2.57. The molecular weight excluding hydrogens is 560 g/mol. The van der Waals surface area contributed by atoms with Crippen LogP contribution in [0.3, 0.4) is 0 Å². The second kappa shape index (κ2) is 10.7. The summed E-state index contributed by atoms with van der Waals surface area (Å²) < 4.78 is 2.38. The van der Waals surface area contributed by atoms with E-state index >= 15 is 0 Å². The summed E-state index contributed by atoms with van der Waals surface area (Å²) in [6.07, 6.45) is 11.8.